The Hall–Kier alpha value is -4.21. The first kappa shape index (κ1) is 24.4. The van der Waals surface area contributed by atoms with Gasteiger partial charge in [-0.1, -0.05) is 18.2 Å². The molecule has 0 bridgehead atoms. The lowest BCUT2D eigenvalue weighted by Gasteiger charge is -2.12. The maximum atomic E-state index is 12.6. The summed E-state index contributed by atoms with van der Waals surface area (Å²) in [5.74, 6) is -0.231. The molecular weight excluding hydrogens is 440 g/mol. The summed E-state index contributed by atoms with van der Waals surface area (Å²) in [4.78, 5) is 48.7. The molecule has 0 atom stereocenters. The summed E-state index contributed by atoms with van der Waals surface area (Å²) >= 11 is 0. The van der Waals surface area contributed by atoms with Crippen molar-refractivity contribution in [3.8, 4) is 11.5 Å². The Labute approximate surface area is 195 Å². The van der Waals surface area contributed by atoms with Gasteiger partial charge in [0.15, 0.2) is 23.0 Å². The fourth-order valence-electron chi connectivity index (χ4n) is 3.29. The van der Waals surface area contributed by atoms with Gasteiger partial charge in [0.05, 0.1) is 19.1 Å². The third-order valence-corrected chi connectivity index (χ3v) is 5.07. The van der Waals surface area contributed by atoms with Gasteiger partial charge in [0.2, 0.25) is 5.91 Å². The van der Waals surface area contributed by atoms with E-state index < -0.39 is 11.8 Å². The van der Waals surface area contributed by atoms with Gasteiger partial charge in [-0.05, 0) is 44.5 Å². The quantitative estimate of drug-likeness (QED) is 0.281. The van der Waals surface area contributed by atoms with Gasteiger partial charge in [-0.25, -0.2) is 4.68 Å². The maximum Gasteiger partial charge on any atom is 0.290 e. The second-order valence-electron chi connectivity index (χ2n) is 7.39. The summed E-state index contributed by atoms with van der Waals surface area (Å²) in [7, 11) is 1.48. The Morgan fingerprint density at radius 2 is 1.76 bits per heavy atom. The van der Waals surface area contributed by atoms with Crippen molar-refractivity contribution in [2.24, 2.45) is 0 Å². The fraction of sp³-hybridized carbons (Fsp3) is 0.292. The molecule has 1 heterocycles. The number of carbonyl (C=O) groups is 3. The van der Waals surface area contributed by atoms with E-state index in [0.29, 0.717) is 40.8 Å². The van der Waals surface area contributed by atoms with Crippen LogP contribution in [-0.2, 0) is 11.3 Å². The molecule has 2 amide bonds. The number of hydrogen-bond donors (Lipinski definition) is 2. The summed E-state index contributed by atoms with van der Waals surface area (Å²) in [6.45, 7) is 3.75. The molecule has 0 saturated heterocycles. The average molecular weight is 466 g/mol. The second kappa shape index (κ2) is 11.1. The Morgan fingerprint density at radius 1 is 1.03 bits per heavy atom. The Balaban J connectivity index is 1.53. The van der Waals surface area contributed by atoms with Gasteiger partial charge in [0, 0.05) is 23.9 Å². The van der Waals surface area contributed by atoms with Crippen molar-refractivity contribution in [1.29, 1.82) is 0 Å². The molecule has 3 aromatic rings. The lowest BCUT2D eigenvalue weighted by molar-refractivity contribution is -0.122. The normalized spacial score (nSPS) is 10.6. The number of methoxy groups -OCH3 is 1. The predicted molar refractivity (Wildman–Crippen MR) is 125 cm³/mol. The van der Waals surface area contributed by atoms with Gasteiger partial charge in [0.25, 0.3) is 11.5 Å². The van der Waals surface area contributed by atoms with Gasteiger partial charge in [-0.2, -0.15) is 5.10 Å². The molecule has 0 saturated carbocycles. The Bertz CT molecular complexity index is 1280. The largest absolute Gasteiger partial charge is 0.493 e. The highest BCUT2D eigenvalue weighted by Crippen LogP contribution is 2.28. The van der Waals surface area contributed by atoms with Crippen LogP contribution >= 0.6 is 0 Å². The number of fused-ring (bicyclic) bond motifs is 1. The second-order valence-corrected chi connectivity index (χ2v) is 7.39. The molecule has 0 fully saturated rings. The highest BCUT2D eigenvalue weighted by Gasteiger charge is 2.17. The van der Waals surface area contributed by atoms with Crippen LogP contribution in [0, 0.1) is 0 Å². The topological polar surface area (TPSA) is 129 Å². The summed E-state index contributed by atoms with van der Waals surface area (Å²) in [5, 5.41) is 4.91. The van der Waals surface area contributed by atoms with E-state index in [-0.39, 0.29) is 30.1 Å². The van der Waals surface area contributed by atoms with E-state index in [2.05, 4.69) is 16.0 Å². The van der Waals surface area contributed by atoms with E-state index in [4.69, 9.17) is 9.47 Å². The molecule has 2 aromatic carbocycles. The van der Waals surface area contributed by atoms with Crippen molar-refractivity contribution in [3.63, 3.8) is 0 Å². The van der Waals surface area contributed by atoms with Crippen molar-refractivity contribution < 1.29 is 23.9 Å². The molecular formula is C24H26N4O6. The maximum absolute atomic E-state index is 12.6. The first-order chi connectivity index (χ1) is 16.3. The number of carbonyl (C=O) groups excluding carboxylic acids is 3. The third-order valence-electron chi connectivity index (χ3n) is 5.07. The molecule has 0 aliphatic rings. The lowest BCUT2D eigenvalue weighted by atomic mass is 10.1. The van der Waals surface area contributed by atoms with Crippen LogP contribution in [0.3, 0.4) is 0 Å². The minimum Gasteiger partial charge on any atom is -0.493 e. The summed E-state index contributed by atoms with van der Waals surface area (Å²) in [5.41, 5.74) is 4.97. The first-order valence-electron chi connectivity index (χ1n) is 10.8. The number of aryl methyl sites for hydroxylation is 1. The molecule has 1 aromatic heterocycles. The molecule has 0 aliphatic heterocycles. The van der Waals surface area contributed by atoms with Crippen molar-refractivity contribution in [2.45, 2.75) is 33.2 Å². The number of hydrogen-bond acceptors (Lipinski definition) is 7. The van der Waals surface area contributed by atoms with Crippen LogP contribution in [0.25, 0.3) is 10.8 Å². The molecule has 10 nitrogen and oxygen atoms in total. The third kappa shape index (κ3) is 5.58. The monoisotopic (exact) mass is 466 g/mol. The van der Waals surface area contributed by atoms with Crippen molar-refractivity contribution in [1.82, 2.24) is 20.6 Å². The number of ketones is 1. The number of nitrogens with zero attached hydrogens (tertiary/aromatic N) is 2. The standard InChI is InChI=1S/C24H26N4O6/c1-4-28-24(32)18-9-6-5-8-17(18)22(27-28)23(31)26-25-21(30)10-7-13-34-19-12-11-16(15(2)29)14-20(19)33-3/h5-6,8-9,11-12,14H,4,7,10,13H2,1-3H3,(H,25,30)(H,26,31). The van der Waals surface area contributed by atoms with E-state index in [0.717, 1.165) is 0 Å². The Morgan fingerprint density at radius 3 is 2.44 bits per heavy atom. The van der Waals surface area contributed by atoms with E-state index in [9.17, 15) is 19.2 Å². The number of amides is 2. The van der Waals surface area contributed by atoms with Crippen LogP contribution in [0.2, 0.25) is 0 Å². The molecule has 0 unspecified atom stereocenters. The zero-order valence-corrected chi connectivity index (χ0v) is 19.2. The number of hydrazine groups is 1. The molecule has 10 heteroatoms. The van der Waals surface area contributed by atoms with Crippen molar-refractivity contribution in [2.75, 3.05) is 13.7 Å². The molecule has 2 N–H and O–H groups in total. The predicted octanol–water partition coefficient (Wildman–Crippen LogP) is 2.25. The fourth-order valence-corrected chi connectivity index (χ4v) is 3.29. The van der Waals surface area contributed by atoms with Gasteiger partial charge in [-0.15, -0.1) is 0 Å². The van der Waals surface area contributed by atoms with E-state index >= 15 is 0 Å². The van der Waals surface area contributed by atoms with Crippen LogP contribution < -0.4 is 25.9 Å². The SMILES string of the molecule is CCn1nc(C(=O)NNC(=O)CCCOc2ccc(C(C)=O)cc2OC)c2ccccc2c1=O. The minimum atomic E-state index is -0.627. The summed E-state index contributed by atoms with van der Waals surface area (Å²) in [6.07, 6.45) is 0.470. The molecule has 178 valence electrons. The van der Waals surface area contributed by atoms with Gasteiger partial charge in [-0.3, -0.25) is 30.0 Å². The molecule has 34 heavy (non-hydrogen) atoms. The van der Waals surface area contributed by atoms with Gasteiger partial charge < -0.3 is 9.47 Å². The highest BCUT2D eigenvalue weighted by atomic mass is 16.5. The van der Waals surface area contributed by atoms with Crippen LogP contribution in [-0.4, -0.2) is 41.1 Å². The van der Waals surface area contributed by atoms with Crippen LogP contribution in [0.5, 0.6) is 11.5 Å². The van der Waals surface area contributed by atoms with Crippen LogP contribution in [0.4, 0.5) is 0 Å². The number of ether oxygens (including phenoxy) is 2. The number of Topliss-reactive ketones (excluding diaryl/α,β-unsaturated/α-hetero) is 1. The van der Waals surface area contributed by atoms with Crippen molar-refractivity contribution >= 4 is 28.4 Å². The first-order valence-corrected chi connectivity index (χ1v) is 10.8. The zero-order valence-electron chi connectivity index (χ0n) is 19.2. The number of aromatic nitrogens is 2. The highest BCUT2D eigenvalue weighted by molar-refractivity contribution is 6.05. The molecule has 0 radical (unpaired) electrons. The molecule has 3 rings (SSSR count). The van der Waals surface area contributed by atoms with Gasteiger partial charge in [0.1, 0.15) is 0 Å². The molecule has 0 aliphatic carbocycles. The van der Waals surface area contributed by atoms with Gasteiger partial charge >= 0.3 is 0 Å². The lowest BCUT2D eigenvalue weighted by Crippen LogP contribution is -2.42. The van der Waals surface area contributed by atoms with Crippen LogP contribution in [0.1, 0.15) is 47.5 Å². The van der Waals surface area contributed by atoms with Crippen molar-refractivity contribution in [3.05, 3.63) is 64.1 Å². The average Bonchev–Trinajstić information content (AvgIpc) is 2.85. The number of benzene rings is 2. The zero-order chi connectivity index (χ0) is 24.7. The number of nitrogens with one attached hydrogen (secondary N) is 2. The Kier molecular flexibility index (Phi) is 7.96. The minimum absolute atomic E-state index is 0.0433. The summed E-state index contributed by atoms with van der Waals surface area (Å²) < 4.78 is 12.1. The van der Waals surface area contributed by atoms with E-state index in [1.165, 1.54) is 18.7 Å². The summed E-state index contributed by atoms with van der Waals surface area (Å²) in [6, 6.07) is 11.6. The van der Waals surface area contributed by atoms with E-state index in [1.807, 2.05) is 0 Å². The smallest absolute Gasteiger partial charge is 0.290 e. The van der Waals surface area contributed by atoms with Crippen LogP contribution in [0.15, 0.2) is 47.3 Å². The van der Waals surface area contributed by atoms with E-state index in [1.54, 1.807) is 49.4 Å². The molecule has 0 spiro atoms. The number of rotatable bonds is 9.